The summed E-state index contributed by atoms with van der Waals surface area (Å²) in [7, 11) is -3.84. The molecular weight excluding hydrogens is 462 g/mol. The summed E-state index contributed by atoms with van der Waals surface area (Å²) in [6.45, 7) is 0.763. The third-order valence-corrected chi connectivity index (χ3v) is 7.98. The lowest BCUT2D eigenvalue weighted by molar-refractivity contribution is 0.0700. The molecule has 1 fully saturated rings. The average Bonchev–Trinajstić information content (AvgIpc) is 2.92. The molecule has 1 saturated heterocycles. The molecule has 0 radical (unpaired) electrons. The first kappa shape index (κ1) is 22.7. The number of para-hydroxylation sites is 1. The summed E-state index contributed by atoms with van der Waals surface area (Å²) in [5, 5.41) is 10.0. The number of nitrogens with zero attached hydrogens (tertiary/aromatic N) is 5. The number of hydrogen-bond donors (Lipinski definition) is 0. The zero-order chi connectivity index (χ0) is 24.4. The van der Waals surface area contributed by atoms with E-state index in [1.807, 2.05) is 48.5 Å². The highest BCUT2D eigenvalue weighted by atomic mass is 32.2. The van der Waals surface area contributed by atoms with Crippen LogP contribution in [0.15, 0.2) is 83.9 Å². The van der Waals surface area contributed by atoms with E-state index in [0.29, 0.717) is 22.5 Å². The maximum atomic E-state index is 13.6. The summed E-state index contributed by atoms with van der Waals surface area (Å²) in [5.41, 5.74) is 2.56. The monoisotopic (exact) mass is 483 g/mol. The van der Waals surface area contributed by atoms with E-state index in [4.69, 9.17) is 0 Å². The lowest BCUT2D eigenvalue weighted by atomic mass is 10.0. The van der Waals surface area contributed by atoms with E-state index in [2.05, 4.69) is 9.97 Å². The van der Waals surface area contributed by atoms with Gasteiger partial charge in [0.05, 0.1) is 32.9 Å². The van der Waals surface area contributed by atoms with Gasteiger partial charge in [-0.15, -0.1) is 0 Å². The van der Waals surface area contributed by atoms with Crippen LogP contribution in [-0.4, -0.2) is 59.7 Å². The lowest BCUT2D eigenvalue weighted by Crippen LogP contribution is -2.50. The number of carbonyl (C=O) groups is 1. The van der Waals surface area contributed by atoms with Crippen molar-refractivity contribution >= 4 is 26.8 Å². The number of carbonyl (C=O) groups excluding carboxylic acids is 1. The third-order valence-electron chi connectivity index (χ3n) is 6.03. The van der Waals surface area contributed by atoms with E-state index in [1.54, 1.807) is 29.3 Å². The van der Waals surface area contributed by atoms with Crippen molar-refractivity contribution in [2.45, 2.75) is 4.90 Å². The summed E-state index contributed by atoms with van der Waals surface area (Å²) in [6, 6.07) is 22.8. The predicted octanol–water partition coefficient (Wildman–Crippen LogP) is 3.32. The van der Waals surface area contributed by atoms with Crippen molar-refractivity contribution in [1.29, 1.82) is 5.26 Å². The molecule has 174 valence electrons. The fourth-order valence-electron chi connectivity index (χ4n) is 4.22. The Kier molecular flexibility index (Phi) is 5.99. The van der Waals surface area contributed by atoms with E-state index in [-0.39, 0.29) is 42.5 Å². The van der Waals surface area contributed by atoms with Gasteiger partial charge >= 0.3 is 0 Å². The average molecular weight is 484 g/mol. The topological polar surface area (TPSA) is 107 Å². The van der Waals surface area contributed by atoms with Crippen molar-refractivity contribution < 1.29 is 13.2 Å². The minimum atomic E-state index is -3.84. The molecule has 4 aromatic rings. The highest BCUT2D eigenvalue weighted by Crippen LogP contribution is 2.26. The number of rotatable bonds is 4. The molecule has 1 aliphatic heterocycles. The van der Waals surface area contributed by atoms with Crippen LogP contribution in [0.3, 0.4) is 0 Å². The van der Waals surface area contributed by atoms with Crippen LogP contribution in [0.4, 0.5) is 0 Å². The smallest absolute Gasteiger partial charge is 0.254 e. The van der Waals surface area contributed by atoms with Crippen LogP contribution in [0.5, 0.6) is 0 Å². The number of hydrogen-bond acceptors (Lipinski definition) is 6. The quantitative estimate of drug-likeness (QED) is 0.441. The first-order valence-corrected chi connectivity index (χ1v) is 12.5. The van der Waals surface area contributed by atoms with Crippen molar-refractivity contribution in [2.24, 2.45) is 0 Å². The second kappa shape index (κ2) is 9.25. The standard InChI is InChI=1S/C26H21N5O3S/c27-18-19-7-1-4-11-25(19)35(33,34)31-15-13-30(14-16-31)26(32)21-17-24(23-10-5-6-12-28-23)29-22-9-3-2-8-20(21)22/h1-12,17H,13-16H2. The highest BCUT2D eigenvalue weighted by molar-refractivity contribution is 7.89. The molecule has 2 aromatic heterocycles. The van der Waals surface area contributed by atoms with Gasteiger partial charge in [0.15, 0.2) is 0 Å². The zero-order valence-electron chi connectivity index (χ0n) is 18.7. The van der Waals surface area contributed by atoms with E-state index in [1.165, 1.54) is 16.4 Å². The molecule has 0 bridgehead atoms. The maximum Gasteiger partial charge on any atom is 0.254 e. The SMILES string of the molecule is N#Cc1ccccc1S(=O)(=O)N1CCN(C(=O)c2cc(-c3ccccn3)nc3ccccc23)CC1. The normalized spacial score (nSPS) is 14.5. The Morgan fingerprint density at radius 1 is 0.886 bits per heavy atom. The van der Waals surface area contributed by atoms with Gasteiger partial charge in [-0.2, -0.15) is 9.57 Å². The molecular formula is C26H21N5O3S. The molecule has 1 aliphatic rings. The molecule has 8 nitrogen and oxygen atoms in total. The Hall–Kier alpha value is -4.13. The van der Waals surface area contributed by atoms with Gasteiger partial charge in [-0.3, -0.25) is 9.78 Å². The van der Waals surface area contributed by atoms with Crippen LogP contribution in [0, 0.1) is 11.3 Å². The van der Waals surface area contributed by atoms with Gasteiger partial charge in [0.2, 0.25) is 10.0 Å². The molecule has 0 aliphatic carbocycles. The largest absolute Gasteiger partial charge is 0.336 e. The first-order valence-electron chi connectivity index (χ1n) is 11.1. The van der Waals surface area contributed by atoms with Crippen molar-refractivity contribution in [3.8, 4) is 17.5 Å². The Bertz CT molecular complexity index is 1560. The Labute approximate surface area is 203 Å². The number of pyridine rings is 2. The fourth-order valence-corrected chi connectivity index (χ4v) is 5.79. The number of nitriles is 1. The van der Waals surface area contributed by atoms with Crippen LogP contribution in [-0.2, 0) is 10.0 Å². The fraction of sp³-hybridized carbons (Fsp3) is 0.154. The molecule has 0 saturated carbocycles. The van der Waals surface area contributed by atoms with E-state index >= 15 is 0 Å². The van der Waals surface area contributed by atoms with Crippen LogP contribution in [0.25, 0.3) is 22.3 Å². The molecule has 0 N–H and O–H groups in total. The molecule has 0 atom stereocenters. The van der Waals surface area contributed by atoms with Gasteiger partial charge in [-0.05, 0) is 36.4 Å². The number of piperazine rings is 1. The minimum absolute atomic E-state index is 0.0117. The van der Waals surface area contributed by atoms with Crippen LogP contribution < -0.4 is 0 Å². The Balaban J connectivity index is 1.42. The first-order chi connectivity index (χ1) is 17.0. The molecule has 1 amide bonds. The summed E-state index contributed by atoms with van der Waals surface area (Å²) in [5.74, 6) is -0.185. The maximum absolute atomic E-state index is 13.6. The lowest BCUT2D eigenvalue weighted by Gasteiger charge is -2.34. The van der Waals surface area contributed by atoms with Crippen molar-refractivity contribution in [1.82, 2.24) is 19.2 Å². The molecule has 9 heteroatoms. The molecule has 35 heavy (non-hydrogen) atoms. The minimum Gasteiger partial charge on any atom is -0.336 e. The van der Waals surface area contributed by atoms with E-state index < -0.39 is 10.0 Å². The van der Waals surface area contributed by atoms with Crippen molar-refractivity contribution in [2.75, 3.05) is 26.2 Å². The van der Waals surface area contributed by atoms with E-state index in [9.17, 15) is 18.5 Å². The van der Waals surface area contributed by atoms with Gasteiger partial charge in [0.25, 0.3) is 5.91 Å². The summed E-state index contributed by atoms with van der Waals surface area (Å²) in [4.78, 5) is 24.3. The molecule has 3 heterocycles. The molecule has 0 unspecified atom stereocenters. The third kappa shape index (κ3) is 4.25. The van der Waals surface area contributed by atoms with Crippen molar-refractivity contribution in [3.63, 3.8) is 0 Å². The van der Waals surface area contributed by atoms with Gasteiger partial charge in [0, 0.05) is 37.8 Å². The van der Waals surface area contributed by atoms with Crippen LogP contribution in [0.1, 0.15) is 15.9 Å². The predicted molar refractivity (Wildman–Crippen MR) is 131 cm³/mol. The summed E-state index contributed by atoms with van der Waals surface area (Å²) < 4.78 is 27.6. The summed E-state index contributed by atoms with van der Waals surface area (Å²) in [6.07, 6.45) is 1.68. The number of amides is 1. The Morgan fingerprint density at radius 3 is 2.34 bits per heavy atom. The number of benzene rings is 2. The van der Waals surface area contributed by atoms with Gasteiger partial charge in [-0.1, -0.05) is 36.4 Å². The van der Waals surface area contributed by atoms with Gasteiger partial charge < -0.3 is 4.90 Å². The summed E-state index contributed by atoms with van der Waals surface area (Å²) >= 11 is 0. The van der Waals surface area contributed by atoms with Gasteiger partial charge in [0.1, 0.15) is 6.07 Å². The molecule has 2 aromatic carbocycles. The molecule has 0 spiro atoms. The second-order valence-corrected chi connectivity index (χ2v) is 10.00. The highest BCUT2D eigenvalue weighted by Gasteiger charge is 2.32. The zero-order valence-corrected chi connectivity index (χ0v) is 19.5. The Morgan fingerprint density at radius 2 is 1.60 bits per heavy atom. The molecule has 5 rings (SSSR count). The number of fused-ring (bicyclic) bond motifs is 1. The number of aromatic nitrogens is 2. The van der Waals surface area contributed by atoms with Crippen LogP contribution in [0.2, 0.25) is 0 Å². The van der Waals surface area contributed by atoms with Gasteiger partial charge in [-0.25, -0.2) is 13.4 Å². The second-order valence-electron chi connectivity index (χ2n) is 8.09. The van der Waals surface area contributed by atoms with E-state index in [0.717, 1.165) is 5.39 Å². The van der Waals surface area contributed by atoms with Crippen molar-refractivity contribution in [3.05, 3.63) is 90.1 Å². The van der Waals surface area contributed by atoms with Crippen LogP contribution >= 0.6 is 0 Å². The number of sulfonamides is 1.